The number of amides is 5. The van der Waals surface area contributed by atoms with Crippen molar-refractivity contribution in [3.63, 3.8) is 0 Å². The number of nitrogen functional groups attached to an aromatic ring is 1. The number of aryl methyl sites for hydroxylation is 1. The van der Waals surface area contributed by atoms with Gasteiger partial charge in [0.05, 0.1) is 42.0 Å². The van der Waals surface area contributed by atoms with Crippen LogP contribution in [0.25, 0.3) is 10.9 Å². The van der Waals surface area contributed by atoms with Crippen LogP contribution < -0.4 is 41.4 Å². The first-order valence-corrected chi connectivity index (χ1v) is 23.7. The fraction of sp³-hybridized carbons (Fsp3) is 0.500. The van der Waals surface area contributed by atoms with Crippen molar-refractivity contribution >= 4 is 57.6 Å². The number of piperidine rings is 2. The van der Waals surface area contributed by atoms with Crippen LogP contribution in [0.3, 0.4) is 0 Å². The quantitative estimate of drug-likeness (QED) is 0.0667. The molecule has 1 aromatic heterocycles. The molecule has 2 aliphatic carbocycles. The molecule has 69 heavy (non-hydrogen) atoms. The first-order chi connectivity index (χ1) is 32.9. The maximum absolute atomic E-state index is 13.8. The Hall–Kier alpha value is -6.50. The van der Waals surface area contributed by atoms with Crippen molar-refractivity contribution in [2.75, 3.05) is 49.8 Å². The summed E-state index contributed by atoms with van der Waals surface area (Å²) >= 11 is 0. The maximum atomic E-state index is 13.8. The molecule has 4 fully saturated rings. The first kappa shape index (κ1) is 47.6. The summed E-state index contributed by atoms with van der Waals surface area (Å²) in [6, 6.07) is 11.2. The lowest BCUT2D eigenvalue weighted by Crippen LogP contribution is -2.54. The lowest BCUT2D eigenvalue weighted by Gasteiger charge is -2.43. The Morgan fingerprint density at radius 2 is 1.62 bits per heavy atom. The number of rotatable bonds is 14. The summed E-state index contributed by atoms with van der Waals surface area (Å²) in [5.41, 5.74) is 6.55. The van der Waals surface area contributed by atoms with E-state index in [1.807, 2.05) is 6.07 Å². The van der Waals surface area contributed by atoms with Crippen molar-refractivity contribution < 1.29 is 46.6 Å². The molecular formula is C50H58F3N9O7. The Morgan fingerprint density at radius 1 is 0.913 bits per heavy atom. The number of carbonyl (C=O) groups is 5. The molecular weight excluding hydrogens is 896 g/mol. The van der Waals surface area contributed by atoms with Crippen LogP contribution in [0.15, 0.2) is 48.5 Å². The summed E-state index contributed by atoms with van der Waals surface area (Å²) in [7, 11) is 3.24. The highest BCUT2D eigenvalue weighted by Crippen LogP contribution is 2.57. The van der Waals surface area contributed by atoms with Crippen molar-refractivity contribution in [1.29, 1.82) is 0 Å². The van der Waals surface area contributed by atoms with E-state index in [0.717, 1.165) is 87.2 Å². The molecule has 6 N–H and O–H groups in total. The highest BCUT2D eigenvalue weighted by atomic mass is 19.4. The first-order valence-electron chi connectivity index (χ1n) is 23.7. The zero-order valence-electron chi connectivity index (χ0n) is 39.2. The number of alkyl halides is 3. The van der Waals surface area contributed by atoms with E-state index in [0.29, 0.717) is 52.6 Å². The van der Waals surface area contributed by atoms with Crippen LogP contribution in [0.4, 0.5) is 30.4 Å². The molecule has 2 saturated carbocycles. The van der Waals surface area contributed by atoms with Crippen LogP contribution in [0.5, 0.6) is 11.5 Å². The average Bonchev–Trinajstić information content (AvgIpc) is 4.04. The van der Waals surface area contributed by atoms with Crippen molar-refractivity contribution in [3.05, 3.63) is 76.6 Å². The highest BCUT2D eigenvalue weighted by molar-refractivity contribution is 6.23. The number of halogens is 3. The molecule has 19 heteroatoms. The smallest absolute Gasteiger partial charge is 0.416 e. The molecule has 3 aromatic carbocycles. The summed E-state index contributed by atoms with van der Waals surface area (Å²) in [4.78, 5) is 77.1. The van der Waals surface area contributed by atoms with Crippen LogP contribution in [0.2, 0.25) is 0 Å². The molecule has 0 radical (unpaired) electrons. The molecule has 5 amide bonds. The van der Waals surface area contributed by atoms with E-state index in [4.69, 9.17) is 15.2 Å². The topological polar surface area (TPSA) is 210 Å². The van der Waals surface area contributed by atoms with Crippen LogP contribution in [0.1, 0.15) is 121 Å². The molecule has 3 aliphatic heterocycles. The van der Waals surface area contributed by atoms with Crippen LogP contribution in [0, 0.1) is 17.8 Å². The minimum atomic E-state index is -4.56. The normalized spacial score (nSPS) is 23.1. The van der Waals surface area contributed by atoms with Crippen LogP contribution >= 0.6 is 0 Å². The van der Waals surface area contributed by atoms with E-state index in [-0.39, 0.29) is 53.1 Å². The molecule has 5 aliphatic rings. The number of nitrogens with zero attached hydrogens (tertiary/aromatic N) is 4. The Morgan fingerprint density at radius 3 is 2.29 bits per heavy atom. The summed E-state index contributed by atoms with van der Waals surface area (Å²) in [5, 5.41) is 13.0. The van der Waals surface area contributed by atoms with Gasteiger partial charge in [-0.25, -0.2) is 9.97 Å². The molecule has 0 spiro atoms. The number of hydrogen-bond donors (Lipinski definition) is 5. The third kappa shape index (κ3) is 9.61. The Labute approximate surface area is 397 Å². The van der Waals surface area contributed by atoms with Gasteiger partial charge in [-0.15, -0.1) is 0 Å². The van der Waals surface area contributed by atoms with Gasteiger partial charge in [0, 0.05) is 72.3 Å². The minimum absolute atomic E-state index is 0.00292. The number of nitrogens with one attached hydrogen (secondary N) is 4. The highest BCUT2D eigenvalue weighted by Gasteiger charge is 2.53. The van der Waals surface area contributed by atoms with E-state index in [1.165, 1.54) is 6.07 Å². The molecule has 2 atom stereocenters. The molecule has 0 bridgehead atoms. The summed E-state index contributed by atoms with van der Waals surface area (Å²) in [5.74, 6) is -0.246. The fourth-order valence-electron chi connectivity index (χ4n) is 10.9. The lowest BCUT2D eigenvalue weighted by molar-refractivity contribution is -0.138. The molecule has 9 rings (SSSR count). The number of nitrogens with two attached hydrogens (primary N) is 1. The van der Waals surface area contributed by atoms with E-state index < -0.39 is 52.9 Å². The van der Waals surface area contributed by atoms with Crippen LogP contribution in [-0.2, 0) is 20.6 Å². The maximum Gasteiger partial charge on any atom is 0.416 e. The lowest BCUT2D eigenvalue weighted by atomic mass is 9.66. The molecule has 4 heterocycles. The number of aromatic nitrogens is 2. The predicted octanol–water partition coefficient (Wildman–Crippen LogP) is 6.60. The van der Waals surface area contributed by atoms with E-state index in [9.17, 15) is 37.1 Å². The number of imide groups is 2. The van der Waals surface area contributed by atoms with Crippen molar-refractivity contribution in [3.8, 4) is 11.5 Å². The molecule has 4 aromatic rings. The fourth-order valence-corrected chi connectivity index (χ4v) is 10.9. The second-order valence-corrected chi connectivity index (χ2v) is 19.6. The summed E-state index contributed by atoms with van der Waals surface area (Å²) < 4.78 is 53.3. The van der Waals surface area contributed by atoms with E-state index >= 15 is 0 Å². The predicted molar refractivity (Wildman–Crippen MR) is 251 cm³/mol. The third-order valence-corrected chi connectivity index (χ3v) is 14.9. The molecule has 2 saturated heterocycles. The summed E-state index contributed by atoms with van der Waals surface area (Å²) in [6.45, 7) is 5.32. The van der Waals surface area contributed by atoms with E-state index in [1.54, 1.807) is 52.3 Å². The molecule has 366 valence electrons. The van der Waals surface area contributed by atoms with Gasteiger partial charge in [0.1, 0.15) is 17.7 Å². The SMILES string of the molecule is CNC(=O)C1(CC2(COc3cc4c(N[C@H](C)c5cc(N)cc(C(F)(F)F)c5)nc(C)nc4cc3OC)CC2)CCC(NC2CCN(c3ccc4c(c3)C(=O)N(C3CCC(=O)NC3=O)C4=O)CC2)CC1. The number of ether oxygens (including phenoxy) is 2. The number of anilines is 3. The van der Waals surface area contributed by atoms with Crippen molar-refractivity contribution in [2.24, 2.45) is 10.8 Å². The van der Waals surface area contributed by atoms with Crippen molar-refractivity contribution in [2.45, 2.75) is 115 Å². The van der Waals surface area contributed by atoms with Gasteiger partial charge in [-0.3, -0.25) is 34.2 Å². The van der Waals surface area contributed by atoms with Gasteiger partial charge in [-0.1, -0.05) is 0 Å². The number of hydrogen-bond acceptors (Lipinski definition) is 13. The number of methoxy groups -OCH3 is 1. The van der Waals surface area contributed by atoms with Gasteiger partial charge in [0.15, 0.2) is 11.5 Å². The second kappa shape index (κ2) is 18.4. The summed E-state index contributed by atoms with van der Waals surface area (Å²) in [6.07, 6.45) is 2.97. The monoisotopic (exact) mass is 953 g/mol. The van der Waals surface area contributed by atoms with Crippen LogP contribution in [-0.4, -0.2) is 96.4 Å². The minimum Gasteiger partial charge on any atom is -0.493 e. The molecule has 1 unspecified atom stereocenters. The largest absolute Gasteiger partial charge is 0.493 e. The van der Waals surface area contributed by atoms with Gasteiger partial charge in [-0.2, -0.15) is 13.2 Å². The van der Waals surface area contributed by atoms with Crippen molar-refractivity contribution in [1.82, 2.24) is 30.8 Å². The third-order valence-electron chi connectivity index (χ3n) is 14.9. The number of fused-ring (bicyclic) bond motifs is 2. The average molecular weight is 954 g/mol. The van der Waals surface area contributed by atoms with Gasteiger partial charge in [0.25, 0.3) is 11.8 Å². The molecule has 16 nitrogen and oxygen atoms in total. The van der Waals surface area contributed by atoms with Gasteiger partial charge in [0.2, 0.25) is 17.7 Å². The number of carbonyl (C=O) groups excluding carboxylic acids is 5. The zero-order chi connectivity index (χ0) is 49.0. The number of benzene rings is 3. The standard InChI is InChI=1S/C50H58F3N9O7/c1-27(29-19-30(50(51,52)53)21-31(54)20-29)56-43-37-23-41(40(68-4)24-38(37)57-28(2)58-43)69-26-48(15-16-48)25-49(47(67)55-3)13-9-32(10-14-49)59-33-11-17-61(18-12-33)34-5-6-35-36(22-34)46(66)62(45(35)65)39-7-8-42(63)60-44(39)64/h5-6,19-24,27,32-33,39,59H,7-18,25-26,54H2,1-4H3,(H,55,67)(H,56,57,58)(H,60,63,64)/t27-,32?,39?,49?/m1/s1. The Balaban J connectivity index is 0.812. The van der Waals surface area contributed by atoms with E-state index in [2.05, 4.69) is 36.1 Å². The van der Waals surface area contributed by atoms with Gasteiger partial charge >= 0.3 is 6.18 Å². The zero-order valence-corrected chi connectivity index (χ0v) is 39.2. The van der Waals surface area contributed by atoms with Gasteiger partial charge in [-0.05, 0) is 126 Å². The Bertz CT molecular complexity index is 2710. The Kier molecular flexibility index (Phi) is 12.7. The second-order valence-electron chi connectivity index (χ2n) is 19.6. The van der Waals surface area contributed by atoms with Gasteiger partial charge < -0.3 is 36.1 Å².